The van der Waals surface area contributed by atoms with Crippen LogP contribution in [-0.4, -0.2) is 40.1 Å². The predicted molar refractivity (Wildman–Crippen MR) is 140 cm³/mol. The summed E-state index contributed by atoms with van der Waals surface area (Å²) in [6.45, 7) is -0.185. The third-order valence-corrected chi connectivity index (χ3v) is 6.17. The van der Waals surface area contributed by atoms with Gasteiger partial charge in [0.1, 0.15) is 0 Å². The Kier molecular flexibility index (Phi) is 6.55. The molecule has 4 N–H and O–H groups in total. The fourth-order valence-electron chi connectivity index (χ4n) is 4.58. The van der Waals surface area contributed by atoms with Gasteiger partial charge in [-0.1, -0.05) is 24.3 Å². The average Bonchev–Trinajstić information content (AvgIpc) is 2.90. The summed E-state index contributed by atoms with van der Waals surface area (Å²) in [6, 6.07) is 13.3. The largest absolute Gasteiger partial charge is 0.493 e. The van der Waals surface area contributed by atoms with E-state index in [1.54, 1.807) is 14.2 Å². The van der Waals surface area contributed by atoms with Crippen LogP contribution in [0.4, 0.5) is 11.9 Å². The van der Waals surface area contributed by atoms with Gasteiger partial charge < -0.3 is 25.7 Å². The van der Waals surface area contributed by atoms with Crippen LogP contribution < -0.4 is 20.9 Å². The maximum absolute atomic E-state index is 13.5. The number of carbonyl (C=O) groups excluding carboxylic acids is 1. The number of hydrogen-bond acceptors (Lipinski definition) is 10. The van der Waals surface area contributed by atoms with Crippen LogP contribution in [0.25, 0.3) is 22.6 Å². The highest BCUT2D eigenvalue weighted by atomic mass is 16.5. The van der Waals surface area contributed by atoms with Crippen LogP contribution in [0.2, 0.25) is 0 Å². The van der Waals surface area contributed by atoms with Gasteiger partial charge in [0.2, 0.25) is 11.9 Å². The number of benzene rings is 2. The highest BCUT2D eigenvalue weighted by Crippen LogP contribution is 2.37. The van der Waals surface area contributed by atoms with Crippen LogP contribution in [0.1, 0.15) is 45.8 Å². The first-order valence-electron chi connectivity index (χ1n) is 11.7. The van der Waals surface area contributed by atoms with Gasteiger partial charge in [0.05, 0.1) is 31.0 Å². The van der Waals surface area contributed by atoms with E-state index in [4.69, 9.17) is 30.7 Å². The third kappa shape index (κ3) is 4.86. The zero-order valence-electron chi connectivity index (χ0n) is 20.5. The van der Waals surface area contributed by atoms with Crippen LogP contribution in [0.3, 0.4) is 0 Å². The van der Waals surface area contributed by atoms with Crippen molar-refractivity contribution >= 4 is 40.4 Å². The molecule has 0 unspecified atom stereocenters. The Bertz CT molecular complexity index is 1520. The number of ether oxygens (including phenoxy) is 3. The molecular formula is C27H26N6O4. The summed E-state index contributed by atoms with van der Waals surface area (Å²) < 4.78 is 16.4. The molecule has 188 valence electrons. The Balaban J connectivity index is 1.56. The van der Waals surface area contributed by atoms with E-state index in [0.717, 1.165) is 40.6 Å². The highest BCUT2D eigenvalue weighted by Gasteiger charge is 2.26. The molecule has 1 aliphatic rings. The molecule has 0 bridgehead atoms. The van der Waals surface area contributed by atoms with E-state index in [1.807, 2.05) is 42.5 Å². The smallest absolute Gasteiger partial charge is 0.339 e. The van der Waals surface area contributed by atoms with Gasteiger partial charge in [0.15, 0.2) is 23.9 Å². The molecule has 0 atom stereocenters. The molecular weight excluding hydrogens is 472 g/mol. The number of fused-ring (bicyclic) bond motifs is 2. The molecule has 0 saturated heterocycles. The van der Waals surface area contributed by atoms with Gasteiger partial charge in [-0.05, 0) is 60.2 Å². The minimum Gasteiger partial charge on any atom is -0.493 e. The lowest BCUT2D eigenvalue weighted by Gasteiger charge is -2.22. The Morgan fingerprint density at radius 2 is 1.70 bits per heavy atom. The van der Waals surface area contributed by atoms with E-state index in [2.05, 4.69) is 21.0 Å². The van der Waals surface area contributed by atoms with Crippen LogP contribution in [0.5, 0.6) is 11.5 Å². The molecule has 37 heavy (non-hydrogen) atoms. The molecule has 0 saturated carbocycles. The van der Waals surface area contributed by atoms with Gasteiger partial charge in [0, 0.05) is 5.39 Å². The van der Waals surface area contributed by atoms with Crippen LogP contribution in [0.15, 0.2) is 42.5 Å². The number of rotatable bonds is 6. The van der Waals surface area contributed by atoms with Gasteiger partial charge in [-0.3, -0.25) is 0 Å². The maximum atomic E-state index is 13.5. The second-order valence-corrected chi connectivity index (χ2v) is 8.51. The Hall–Kier alpha value is -4.73. The Morgan fingerprint density at radius 1 is 0.946 bits per heavy atom. The van der Waals surface area contributed by atoms with Gasteiger partial charge in [-0.25, -0.2) is 9.78 Å². The van der Waals surface area contributed by atoms with Crippen molar-refractivity contribution in [2.75, 3.05) is 25.7 Å². The summed E-state index contributed by atoms with van der Waals surface area (Å²) in [5.41, 5.74) is 16.1. The van der Waals surface area contributed by atoms with Gasteiger partial charge in [-0.2, -0.15) is 15.0 Å². The van der Waals surface area contributed by atoms with Crippen molar-refractivity contribution in [1.82, 2.24) is 19.9 Å². The molecule has 0 spiro atoms. The summed E-state index contributed by atoms with van der Waals surface area (Å²) in [6.07, 6.45) is 4.47. The number of para-hydroxylation sites is 1. The molecule has 0 amide bonds. The lowest BCUT2D eigenvalue weighted by molar-refractivity contribution is 0.0463. The van der Waals surface area contributed by atoms with Crippen molar-refractivity contribution in [2.45, 2.75) is 25.9 Å². The summed E-state index contributed by atoms with van der Waals surface area (Å²) in [4.78, 5) is 30.1. The zero-order chi connectivity index (χ0) is 25.9. The predicted octanol–water partition coefficient (Wildman–Crippen LogP) is 3.84. The standard InChI is InChI=1S/C27H26N6O4/c1-35-20-11-10-15(13-21(20)36-2)12-16-6-5-8-18-23(17-7-3-4-9-19(17)30-24(16)18)25(34)37-14-22-31-26(28)33-27(29)32-22/h3-4,7,9-13H,5-6,8,14H2,1-2H3,(H4,28,29,31,32,33)/b16-12+. The van der Waals surface area contributed by atoms with Crippen molar-refractivity contribution < 1.29 is 19.0 Å². The molecule has 2 aromatic carbocycles. The number of anilines is 2. The number of nitrogens with two attached hydrogens (primary N) is 2. The molecule has 10 heteroatoms. The summed E-state index contributed by atoms with van der Waals surface area (Å²) >= 11 is 0. The van der Waals surface area contributed by atoms with Crippen molar-refractivity contribution in [2.24, 2.45) is 0 Å². The molecule has 0 radical (unpaired) electrons. The first-order valence-corrected chi connectivity index (χ1v) is 11.7. The van der Waals surface area contributed by atoms with Gasteiger partial charge in [-0.15, -0.1) is 0 Å². The number of methoxy groups -OCH3 is 2. The minimum absolute atomic E-state index is 0.0322. The lowest BCUT2D eigenvalue weighted by atomic mass is 9.86. The number of nitrogens with zero attached hydrogens (tertiary/aromatic N) is 4. The topological polar surface area (TPSA) is 148 Å². The second kappa shape index (κ2) is 10.1. The molecule has 5 rings (SSSR count). The molecule has 0 fully saturated rings. The van der Waals surface area contributed by atoms with Crippen LogP contribution in [0, 0.1) is 0 Å². The number of esters is 1. The zero-order valence-corrected chi connectivity index (χ0v) is 20.5. The normalized spacial score (nSPS) is 13.8. The molecule has 2 heterocycles. The fourth-order valence-corrected chi connectivity index (χ4v) is 4.58. The lowest BCUT2D eigenvalue weighted by Crippen LogP contribution is -2.16. The fraction of sp³-hybridized carbons (Fsp3) is 0.222. The van der Waals surface area contributed by atoms with Gasteiger partial charge in [0.25, 0.3) is 0 Å². The number of allylic oxidation sites excluding steroid dienone is 1. The van der Waals surface area contributed by atoms with E-state index >= 15 is 0 Å². The SMILES string of the molecule is COc1ccc(/C=C2\CCCc3c2nc2ccccc2c3C(=O)OCc2nc(N)nc(N)n2)cc1OC. The van der Waals surface area contributed by atoms with Crippen LogP contribution in [-0.2, 0) is 17.8 Å². The summed E-state index contributed by atoms with van der Waals surface area (Å²) in [7, 11) is 3.21. The number of hydrogen-bond donors (Lipinski definition) is 2. The second-order valence-electron chi connectivity index (χ2n) is 8.51. The quantitative estimate of drug-likeness (QED) is 0.376. The summed E-state index contributed by atoms with van der Waals surface area (Å²) in [5.74, 6) is 0.928. The van der Waals surface area contributed by atoms with Crippen molar-refractivity contribution in [3.8, 4) is 11.5 Å². The Labute approximate surface area is 213 Å². The van der Waals surface area contributed by atoms with E-state index in [9.17, 15) is 4.79 Å². The minimum atomic E-state index is -0.486. The first-order chi connectivity index (χ1) is 18.0. The molecule has 0 aliphatic heterocycles. The van der Waals surface area contributed by atoms with Crippen molar-refractivity contribution in [3.05, 3.63) is 70.7 Å². The first kappa shape index (κ1) is 24.0. The van der Waals surface area contributed by atoms with E-state index < -0.39 is 5.97 Å². The van der Waals surface area contributed by atoms with Crippen molar-refractivity contribution in [1.29, 1.82) is 0 Å². The third-order valence-electron chi connectivity index (χ3n) is 6.17. The number of pyridine rings is 1. The number of nitrogen functional groups attached to an aromatic ring is 2. The highest BCUT2D eigenvalue weighted by molar-refractivity contribution is 6.06. The van der Waals surface area contributed by atoms with Gasteiger partial charge >= 0.3 is 5.97 Å². The number of carbonyl (C=O) groups is 1. The molecule has 2 aromatic heterocycles. The summed E-state index contributed by atoms with van der Waals surface area (Å²) in [5, 5.41) is 0.730. The molecule has 10 nitrogen and oxygen atoms in total. The van der Waals surface area contributed by atoms with E-state index in [-0.39, 0.29) is 24.3 Å². The Morgan fingerprint density at radius 3 is 2.46 bits per heavy atom. The molecule has 1 aliphatic carbocycles. The van der Waals surface area contributed by atoms with Crippen molar-refractivity contribution in [3.63, 3.8) is 0 Å². The number of aromatic nitrogens is 4. The van der Waals surface area contributed by atoms with E-state index in [0.29, 0.717) is 29.0 Å². The molecule has 4 aromatic rings. The monoisotopic (exact) mass is 498 g/mol. The van der Waals surface area contributed by atoms with Crippen LogP contribution >= 0.6 is 0 Å². The average molecular weight is 499 g/mol. The van der Waals surface area contributed by atoms with E-state index in [1.165, 1.54) is 0 Å². The maximum Gasteiger partial charge on any atom is 0.339 e.